The van der Waals surface area contributed by atoms with Gasteiger partial charge in [-0.05, 0) is 61.5 Å². The Morgan fingerprint density at radius 2 is 1.67 bits per heavy atom. The number of halogens is 4. The fraction of sp³-hybridized carbons (Fsp3) is 0.414. The van der Waals surface area contributed by atoms with Crippen molar-refractivity contribution in [2.75, 3.05) is 6.61 Å². The number of carbonyl (C=O) groups is 2. The molecule has 1 unspecified atom stereocenters. The molecule has 3 aromatic rings. The minimum atomic E-state index is -1.77. The number of nitrogens with zero attached hydrogens (tertiary/aromatic N) is 1. The molecule has 0 amide bonds. The van der Waals surface area contributed by atoms with Crippen LogP contribution in [0.3, 0.4) is 0 Å². The highest BCUT2D eigenvalue weighted by molar-refractivity contribution is 5.86. The van der Waals surface area contributed by atoms with Crippen molar-refractivity contribution in [3.63, 3.8) is 0 Å². The lowest BCUT2D eigenvalue weighted by molar-refractivity contribution is -0.141. The summed E-state index contributed by atoms with van der Waals surface area (Å²) in [5.41, 5.74) is -0.0832. The summed E-state index contributed by atoms with van der Waals surface area (Å²) in [5.74, 6) is -11.1. The Hall–Kier alpha value is -3.69. The van der Waals surface area contributed by atoms with Crippen molar-refractivity contribution in [3.8, 4) is 5.75 Å². The molecule has 0 aliphatic heterocycles. The van der Waals surface area contributed by atoms with Gasteiger partial charge in [0.2, 0.25) is 11.6 Å². The molecule has 1 aromatic heterocycles. The molecular formula is C29H29F4NO5. The maximum atomic E-state index is 13.9. The van der Waals surface area contributed by atoms with Gasteiger partial charge in [-0.15, -0.1) is 0 Å². The van der Waals surface area contributed by atoms with Crippen LogP contribution in [-0.4, -0.2) is 28.0 Å². The Balaban J connectivity index is 1.44. The van der Waals surface area contributed by atoms with E-state index in [2.05, 4.69) is 0 Å². The highest BCUT2D eigenvalue weighted by Gasteiger charge is 2.37. The zero-order valence-corrected chi connectivity index (χ0v) is 21.3. The highest BCUT2D eigenvalue weighted by Crippen LogP contribution is 2.44. The summed E-state index contributed by atoms with van der Waals surface area (Å²) in [7, 11) is 0. The third-order valence-corrected chi connectivity index (χ3v) is 7.75. The van der Waals surface area contributed by atoms with Gasteiger partial charge in [-0.1, -0.05) is 25.1 Å². The van der Waals surface area contributed by atoms with Gasteiger partial charge >= 0.3 is 5.97 Å². The van der Waals surface area contributed by atoms with E-state index in [0.717, 1.165) is 18.2 Å². The van der Waals surface area contributed by atoms with Crippen LogP contribution in [0, 0.1) is 41.0 Å². The molecule has 10 heteroatoms. The van der Waals surface area contributed by atoms with Crippen LogP contribution in [-0.2, 0) is 9.59 Å². The van der Waals surface area contributed by atoms with E-state index in [1.54, 1.807) is 16.8 Å². The molecule has 0 saturated heterocycles. The monoisotopic (exact) mass is 547 g/mol. The molecule has 1 aliphatic carbocycles. The molecule has 1 heterocycles. The minimum absolute atomic E-state index is 0.00333. The van der Waals surface area contributed by atoms with Crippen molar-refractivity contribution in [1.82, 2.24) is 4.57 Å². The lowest BCUT2D eigenvalue weighted by atomic mass is 9.66. The second-order valence-electron chi connectivity index (χ2n) is 10.1. The number of pyridine rings is 1. The molecule has 1 fully saturated rings. The summed E-state index contributed by atoms with van der Waals surface area (Å²) in [6.45, 7) is 1.05. The third kappa shape index (κ3) is 6.15. The van der Waals surface area contributed by atoms with Gasteiger partial charge in [0.05, 0.1) is 6.42 Å². The van der Waals surface area contributed by atoms with Gasteiger partial charge in [-0.3, -0.25) is 14.4 Å². The number of benzene rings is 2. The van der Waals surface area contributed by atoms with E-state index in [0.29, 0.717) is 18.2 Å². The molecule has 4 rings (SSSR count). The van der Waals surface area contributed by atoms with Crippen molar-refractivity contribution in [1.29, 1.82) is 0 Å². The van der Waals surface area contributed by atoms with Crippen LogP contribution in [0.25, 0.3) is 10.8 Å². The van der Waals surface area contributed by atoms with Crippen molar-refractivity contribution in [3.05, 3.63) is 76.2 Å². The standard InChI is InChI=1S/C29H29F4NO5/c1-2-20(34-10-9-16-5-3-4-6-21(16)29(34)38)12-18-8-7-17(18)11-19(13-25(36)37)24(35)15-39-28-26(32)22(30)14-23(31)27(28)33/h3-6,9-10,14,17-20H,2,7-8,11-13,15H2,1H3,(H,36,37)/t17-,18?,19+,20+/m1/s1. The number of carbonyl (C=O) groups excluding carboxylic acids is 1. The molecule has 0 spiro atoms. The number of hydrogen-bond donors (Lipinski definition) is 1. The first-order chi connectivity index (χ1) is 18.6. The maximum absolute atomic E-state index is 13.9. The summed E-state index contributed by atoms with van der Waals surface area (Å²) in [6, 6.07) is 9.18. The predicted octanol–water partition coefficient (Wildman–Crippen LogP) is 6.05. The first kappa shape index (κ1) is 28.3. The van der Waals surface area contributed by atoms with E-state index < -0.39 is 59.7 Å². The van der Waals surface area contributed by atoms with Crippen LogP contribution in [0.2, 0.25) is 0 Å². The number of hydrogen-bond acceptors (Lipinski definition) is 4. The lowest BCUT2D eigenvalue weighted by Gasteiger charge is -2.40. The Morgan fingerprint density at radius 3 is 2.28 bits per heavy atom. The zero-order chi connectivity index (χ0) is 28.3. The number of carboxylic acid groups (broad SMARTS) is 1. The average Bonchev–Trinajstić information content (AvgIpc) is 2.90. The van der Waals surface area contributed by atoms with Gasteiger partial charge in [0.1, 0.15) is 6.61 Å². The molecule has 0 bridgehead atoms. The number of aromatic nitrogens is 1. The summed E-state index contributed by atoms with van der Waals surface area (Å²) in [5, 5.41) is 10.8. The second kappa shape index (κ2) is 12.0. The van der Waals surface area contributed by atoms with E-state index in [1.807, 2.05) is 31.2 Å². The van der Waals surface area contributed by atoms with Crippen molar-refractivity contribution in [2.45, 2.75) is 51.5 Å². The summed E-state index contributed by atoms with van der Waals surface area (Å²) in [4.78, 5) is 37.4. The van der Waals surface area contributed by atoms with Crippen LogP contribution in [0.4, 0.5) is 17.6 Å². The van der Waals surface area contributed by atoms with Crippen LogP contribution in [0.15, 0.2) is 47.4 Å². The molecule has 1 saturated carbocycles. The number of ether oxygens (including phenoxy) is 1. The summed E-state index contributed by atoms with van der Waals surface area (Å²) in [6.07, 6.45) is 4.47. The van der Waals surface area contributed by atoms with E-state index in [9.17, 15) is 37.1 Å². The van der Waals surface area contributed by atoms with Gasteiger partial charge in [0, 0.05) is 29.6 Å². The summed E-state index contributed by atoms with van der Waals surface area (Å²) >= 11 is 0. The van der Waals surface area contributed by atoms with E-state index in [-0.39, 0.29) is 35.9 Å². The van der Waals surface area contributed by atoms with Crippen LogP contribution >= 0.6 is 0 Å². The Morgan fingerprint density at radius 1 is 1.03 bits per heavy atom. The maximum Gasteiger partial charge on any atom is 0.304 e. The first-order valence-electron chi connectivity index (χ1n) is 12.9. The number of fused-ring (bicyclic) bond motifs is 1. The molecule has 6 nitrogen and oxygen atoms in total. The molecule has 0 radical (unpaired) electrons. The molecule has 1 N–H and O–H groups in total. The number of aliphatic carboxylic acids is 1. The Kier molecular flexibility index (Phi) is 8.72. The zero-order valence-electron chi connectivity index (χ0n) is 21.3. The average molecular weight is 548 g/mol. The smallest absolute Gasteiger partial charge is 0.304 e. The molecular weight excluding hydrogens is 518 g/mol. The SMILES string of the molecule is CC[C@@H](CC1CC[C@@H]1C[C@@H](CC(=O)O)C(=O)COc1c(F)c(F)cc(F)c1F)n1ccc2ccccc2c1=O. The van der Waals surface area contributed by atoms with E-state index in [4.69, 9.17) is 4.74 Å². The third-order valence-electron chi connectivity index (χ3n) is 7.75. The van der Waals surface area contributed by atoms with Gasteiger partial charge in [0.15, 0.2) is 23.2 Å². The van der Waals surface area contributed by atoms with Gasteiger partial charge in [-0.25, -0.2) is 8.78 Å². The Bertz CT molecular complexity index is 1410. The highest BCUT2D eigenvalue weighted by atomic mass is 19.2. The fourth-order valence-electron chi connectivity index (χ4n) is 5.42. The van der Waals surface area contributed by atoms with Gasteiger partial charge in [0.25, 0.3) is 5.56 Å². The number of carboxylic acids is 1. The van der Waals surface area contributed by atoms with Crippen LogP contribution in [0.1, 0.15) is 51.5 Å². The number of rotatable bonds is 12. The quantitative estimate of drug-likeness (QED) is 0.220. The molecule has 1 aliphatic rings. The van der Waals surface area contributed by atoms with Gasteiger partial charge in [-0.2, -0.15) is 8.78 Å². The fourth-order valence-corrected chi connectivity index (χ4v) is 5.42. The number of ketones is 1. The van der Waals surface area contributed by atoms with Crippen molar-refractivity contribution < 1.29 is 37.0 Å². The first-order valence-corrected chi connectivity index (χ1v) is 12.9. The minimum Gasteiger partial charge on any atom is -0.481 e. The Labute approximate surface area is 222 Å². The lowest BCUT2D eigenvalue weighted by Crippen LogP contribution is -2.35. The van der Waals surface area contributed by atoms with Crippen molar-refractivity contribution >= 4 is 22.5 Å². The topological polar surface area (TPSA) is 85.6 Å². The molecule has 4 atom stereocenters. The van der Waals surface area contributed by atoms with E-state index >= 15 is 0 Å². The summed E-state index contributed by atoms with van der Waals surface area (Å²) < 4.78 is 61.2. The molecule has 2 aromatic carbocycles. The largest absolute Gasteiger partial charge is 0.481 e. The van der Waals surface area contributed by atoms with Crippen LogP contribution in [0.5, 0.6) is 5.75 Å². The van der Waals surface area contributed by atoms with Crippen molar-refractivity contribution in [2.24, 2.45) is 17.8 Å². The van der Waals surface area contributed by atoms with Gasteiger partial charge < -0.3 is 14.4 Å². The second-order valence-corrected chi connectivity index (χ2v) is 10.1. The molecule has 39 heavy (non-hydrogen) atoms. The normalized spacial score (nSPS) is 18.4. The van der Waals surface area contributed by atoms with Crippen LogP contribution < -0.4 is 10.3 Å². The van der Waals surface area contributed by atoms with E-state index in [1.165, 1.54) is 0 Å². The number of Topliss-reactive ketones (excluding diaryl/α,β-unsaturated/α-hetero) is 1. The predicted molar refractivity (Wildman–Crippen MR) is 136 cm³/mol. The molecule has 208 valence electrons.